The molecule has 3 rings (SSSR count). The number of phenolic OH excluding ortho intramolecular Hbond substituents is 1. The summed E-state index contributed by atoms with van der Waals surface area (Å²) < 4.78 is 28.8. The van der Waals surface area contributed by atoms with Gasteiger partial charge >= 0.3 is 7.60 Å². The molecule has 1 aliphatic carbocycles. The Balaban J connectivity index is 1.92. The van der Waals surface area contributed by atoms with Crippen LogP contribution in [0.2, 0.25) is 0 Å². The van der Waals surface area contributed by atoms with E-state index in [1.807, 2.05) is 18.2 Å². The van der Waals surface area contributed by atoms with Gasteiger partial charge in [-0.25, -0.2) is 0 Å². The van der Waals surface area contributed by atoms with Gasteiger partial charge in [-0.2, -0.15) is 0 Å². The maximum atomic E-state index is 12.6. The number of aromatic hydroxyl groups is 1. The molecule has 0 radical (unpaired) electrons. The Morgan fingerprint density at radius 2 is 1.67 bits per heavy atom. The quantitative estimate of drug-likeness (QED) is 0.653. The van der Waals surface area contributed by atoms with Crippen molar-refractivity contribution in [2.24, 2.45) is 0 Å². The fourth-order valence-corrected chi connectivity index (χ4v) is 4.55. The van der Waals surface area contributed by atoms with Crippen molar-refractivity contribution in [2.75, 3.05) is 19.6 Å². The Morgan fingerprint density at radius 3 is 2.30 bits per heavy atom. The monoisotopic (exact) mass is 390 g/mol. The van der Waals surface area contributed by atoms with Gasteiger partial charge in [0, 0.05) is 6.42 Å². The van der Waals surface area contributed by atoms with Crippen molar-refractivity contribution in [2.45, 2.75) is 26.7 Å². The summed E-state index contributed by atoms with van der Waals surface area (Å²) in [4.78, 5) is 12.4. The van der Waals surface area contributed by atoms with Crippen LogP contribution in [0.5, 0.6) is 11.5 Å². The van der Waals surface area contributed by atoms with Crippen LogP contribution >= 0.6 is 7.60 Å². The number of carbonyl (C=O) groups is 1. The van der Waals surface area contributed by atoms with Gasteiger partial charge in [0.15, 0.2) is 12.1 Å². The molecule has 6 nitrogen and oxygen atoms in total. The molecule has 7 heteroatoms. The molecule has 0 atom stereocenters. The van der Waals surface area contributed by atoms with Gasteiger partial charge in [0.25, 0.3) is 0 Å². The molecular weight excluding hydrogens is 367 g/mol. The van der Waals surface area contributed by atoms with Crippen molar-refractivity contribution in [1.82, 2.24) is 0 Å². The van der Waals surface area contributed by atoms with Crippen molar-refractivity contribution < 1.29 is 28.3 Å². The van der Waals surface area contributed by atoms with Gasteiger partial charge < -0.3 is 18.9 Å². The Kier molecular flexibility index (Phi) is 6.00. The smallest absolute Gasteiger partial charge is 0.367 e. The van der Waals surface area contributed by atoms with Gasteiger partial charge in [-0.15, -0.1) is 0 Å². The molecule has 0 bridgehead atoms. The van der Waals surface area contributed by atoms with Crippen LogP contribution in [-0.2, 0) is 20.0 Å². The lowest BCUT2D eigenvalue weighted by atomic mass is 9.96. The summed E-state index contributed by atoms with van der Waals surface area (Å²) in [6.45, 7) is 3.97. The molecule has 0 saturated carbocycles. The first-order valence-electron chi connectivity index (χ1n) is 8.97. The minimum atomic E-state index is -3.37. The predicted molar refractivity (Wildman–Crippen MR) is 103 cm³/mol. The number of ketones is 1. The molecule has 1 aliphatic rings. The summed E-state index contributed by atoms with van der Waals surface area (Å²) in [5, 5.41) is 9.49. The molecular formula is C20H23O6P. The molecule has 0 unspecified atom stereocenters. The lowest BCUT2D eigenvalue weighted by molar-refractivity contribution is 0.0990. The van der Waals surface area contributed by atoms with Crippen LogP contribution in [-0.4, -0.2) is 30.5 Å². The van der Waals surface area contributed by atoms with Gasteiger partial charge in [-0.1, -0.05) is 18.2 Å². The Morgan fingerprint density at radius 1 is 1.00 bits per heavy atom. The molecule has 0 aliphatic heterocycles. The third-order valence-electron chi connectivity index (χ3n) is 4.36. The number of rotatable bonds is 8. The number of fused-ring (bicyclic) bond motifs is 1. The Bertz CT molecular complexity index is 865. The van der Waals surface area contributed by atoms with Crippen molar-refractivity contribution in [3.8, 4) is 22.6 Å². The molecule has 144 valence electrons. The molecule has 27 heavy (non-hydrogen) atoms. The highest BCUT2D eigenvalue weighted by molar-refractivity contribution is 7.53. The predicted octanol–water partition coefficient (Wildman–Crippen LogP) is 4.79. The van der Waals surface area contributed by atoms with E-state index >= 15 is 0 Å². The van der Waals surface area contributed by atoms with Gasteiger partial charge in [0.1, 0.15) is 11.5 Å². The highest BCUT2D eigenvalue weighted by Gasteiger charge is 2.30. The van der Waals surface area contributed by atoms with Crippen LogP contribution < -0.4 is 4.74 Å². The minimum absolute atomic E-state index is 0.00304. The minimum Gasteiger partial charge on any atom is -0.508 e. The second-order valence-electron chi connectivity index (χ2n) is 6.15. The highest BCUT2D eigenvalue weighted by Crippen LogP contribution is 2.48. The van der Waals surface area contributed by atoms with Crippen molar-refractivity contribution in [3.63, 3.8) is 0 Å². The first-order valence-corrected chi connectivity index (χ1v) is 10.7. The summed E-state index contributed by atoms with van der Waals surface area (Å²) in [6, 6.07) is 10.4. The van der Waals surface area contributed by atoms with E-state index in [0.29, 0.717) is 24.2 Å². The average molecular weight is 390 g/mol. The summed E-state index contributed by atoms with van der Waals surface area (Å²) in [5.41, 5.74) is 3.28. The van der Waals surface area contributed by atoms with E-state index in [9.17, 15) is 14.5 Å². The normalized spacial score (nSPS) is 13.6. The molecule has 0 aromatic heterocycles. The van der Waals surface area contributed by atoms with Crippen LogP contribution in [0.15, 0.2) is 36.4 Å². The number of hydrogen-bond acceptors (Lipinski definition) is 6. The van der Waals surface area contributed by atoms with Crippen LogP contribution in [0.4, 0.5) is 0 Å². The maximum Gasteiger partial charge on any atom is 0.367 e. The summed E-state index contributed by atoms with van der Waals surface area (Å²) in [7, 11) is -3.37. The average Bonchev–Trinajstić information content (AvgIpc) is 3.03. The van der Waals surface area contributed by atoms with Crippen LogP contribution in [0.25, 0.3) is 11.1 Å². The van der Waals surface area contributed by atoms with E-state index in [2.05, 4.69) is 0 Å². The zero-order valence-electron chi connectivity index (χ0n) is 15.4. The number of hydrogen-bond donors (Lipinski definition) is 1. The van der Waals surface area contributed by atoms with E-state index in [1.54, 1.807) is 32.0 Å². The van der Waals surface area contributed by atoms with Crippen LogP contribution in [0.3, 0.4) is 0 Å². The molecule has 2 aromatic carbocycles. The van der Waals surface area contributed by atoms with Crippen molar-refractivity contribution in [3.05, 3.63) is 47.5 Å². The number of ether oxygens (including phenoxy) is 1. The molecule has 0 heterocycles. The summed E-state index contributed by atoms with van der Waals surface area (Å²) in [5.74, 6) is 0.590. The third kappa shape index (κ3) is 4.24. The Labute approximate surface area is 158 Å². The lowest BCUT2D eigenvalue weighted by Gasteiger charge is -2.19. The fraction of sp³-hybridized carbons (Fsp3) is 0.350. The highest BCUT2D eigenvalue weighted by atomic mass is 31.2. The molecule has 0 spiro atoms. The van der Waals surface area contributed by atoms with Crippen molar-refractivity contribution >= 4 is 13.4 Å². The van der Waals surface area contributed by atoms with E-state index in [-0.39, 0.29) is 31.1 Å². The van der Waals surface area contributed by atoms with Gasteiger partial charge in [-0.3, -0.25) is 9.36 Å². The van der Waals surface area contributed by atoms with E-state index in [4.69, 9.17) is 13.8 Å². The second-order valence-corrected chi connectivity index (χ2v) is 8.15. The molecule has 0 fully saturated rings. The standard InChI is InChI=1S/C20H23O6P/c1-3-25-27(23,26-4-2)13-24-19-12-10-16(14-5-7-15(21)8-6-14)17-9-11-18(22)20(17)19/h5-8,10,12,21H,3-4,9,11,13H2,1-2H3. The summed E-state index contributed by atoms with van der Waals surface area (Å²) >= 11 is 0. The molecule has 2 aromatic rings. The van der Waals surface area contributed by atoms with Crippen LogP contribution in [0.1, 0.15) is 36.2 Å². The number of benzene rings is 2. The Hall–Kier alpha value is -2.14. The van der Waals surface area contributed by atoms with E-state index in [0.717, 1.165) is 16.7 Å². The third-order valence-corrected chi connectivity index (χ3v) is 6.11. The first kappa shape index (κ1) is 19.6. The maximum absolute atomic E-state index is 12.6. The fourth-order valence-electron chi connectivity index (χ4n) is 3.24. The number of carbonyl (C=O) groups excluding carboxylic acids is 1. The lowest BCUT2D eigenvalue weighted by Crippen LogP contribution is -2.08. The van der Waals surface area contributed by atoms with Crippen LogP contribution in [0, 0.1) is 0 Å². The number of Topliss-reactive ketones (excluding diaryl/α,β-unsaturated/α-hetero) is 1. The van der Waals surface area contributed by atoms with Gasteiger partial charge in [0.05, 0.1) is 18.8 Å². The zero-order chi connectivity index (χ0) is 19.4. The van der Waals surface area contributed by atoms with Crippen molar-refractivity contribution in [1.29, 1.82) is 0 Å². The molecule has 0 saturated heterocycles. The van der Waals surface area contributed by atoms with Gasteiger partial charge in [-0.05, 0) is 55.2 Å². The van der Waals surface area contributed by atoms with E-state index < -0.39 is 7.60 Å². The second kappa shape index (κ2) is 8.26. The largest absolute Gasteiger partial charge is 0.508 e. The number of phenols is 1. The van der Waals surface area contributed by atoms with E-state index in [1.165, 1.54) is 0 Å². The summed E-state index contributed by atoms with van der Waals surface area (Å²) in [6.07, 6.45) is 0.790. The molecule has 0 amide bonds. The SMILES string of the molecule is CCOP(=O)(COc1ccc(-c2ccc(O)cc2)c2c1C(=O)CC2)OCC. The van der Waals surface area contributed by atoms with Gasteiger partial charge in [0.2, 0.25) is 0 Å². The zero-order valence-corrected chi connectivity index (χ0v) is 16.3. The topological polar surface area (TPSA) is 82.1 Å². The first-order chi connectivity index (χ1) is 13.0. The molecule has 1 N–H and O–H groups in total.